The standard InChI is InChI=1S/C35H41N5O7S2/c1-34(2,3)47-33(46)37-26-10-8-6-4-5-7-9-23-16-35(23,32(44)45)38-29(41)27-15-24(18-39(27)30(26)42)40-31(43)28(22-12-14-49-20-22)25(17-36-40)21-11-13-48-19-21/h7,9,11-14,17,19-20,23-24,26-27H,4-6,8,10,15-16,18H2,1-3H3,(H,37,46)(H,38,41)(H,44,45)/b9-7-/t23-,24-,26-,27-,35+/m0/s1. The lowest BCUT2D eigenvalue weighted by atomic mass is 10.0. The first-order chi connectivity index (χ1) is 23.4. The van der Waals surface area contributed by atoms with Gasteiger partial charge < -0.3 is 25.4 Å². The van der Waals surface area contributed by atoms with Gasteiger partial charge in [-0.1, -0.05) is 25.0 Å². The summed E-state index contributed by atoms with van der Waals surface area (Å²) in [6.45, 7) is 5.14. The summed E-state index contributed by atoms with van der Waals surface area (Å²) in [6, 6.07) is 0.988. The molecule has 14 heteroatoms. The van der Waals surface area contributed by atoms with Crippen LogP contribution in [-0.2, 0) is 19.1 Å². The topological polar surface area (TPSA) is 160 Å². The third-order valence-corrected chi connectivity index (χ3v) is 10.7. The lowest BCUT2D eigenvalue weighted by Crippen LogP contribution is -2.56. The number of nitrogens with one attached hydrogen (secondary N) is 2. The van der Waals surface area contributed by atoms with Crippen molar-refractivity contribution in [2.45, 2.75) is 95.0 Å². The number of amides is 3. The molecule has 2 aliphatic heterocycles. The third-order valence-electron chi connectivity index (χ3n) is 9.32. The molecule has 3 N–H and O–H groups in total. The van der Waals surface area contributed by atoms with Gasteiger partial charge in [0.05, 0.1) is 17.8 Å². The van der Waals surface area contributed by atoms with E-state index in [-0.39, 0.29) is 30.9 Å². The maximum Gasteiger partial charge on any atom is 0.408 e. The Morgan fingerprint density at radius 1 is 1.08 bits per heavy atom. The molecule has 5 heterocycles. The van der Waals surface area contributed by atoms with Crippen molar-refractivity contribution in [1.29, 1.82) is 0 Å². The number of carbonyl (C=O) groups excluding carboxylic acids is 3. The Labute approximate surface area is 292 Å². The molecule has 3 aliphatic rings. The molecule has 0 spiro atoms. The molecular weight excluding hydrogens is 667 g/mol. The first kappa shape index (κ1) is 34.6. The third kappa shape index (κ3) is 7.35. The summed E-state index contributed by atoms with van der Waals surface area (Å²) in [6.07, 6.45) is 8.24. The van der Waals surface area contributed by atoms with Gasteiger partial charge in [0.15, 0.2) is 0 Å². The Balaban J connectivity index is 1.38. The van der Waals surface area contributed by atoms with Crippen molar-refractivity contribution in [2.75, 3.05) is 6.54 Å². The summed E-state index contributed by atoms with van der Waals surface area (Å²) < 4.78 is 6.81. The van der Waals surface area contributed by atoms with E-state index in [1.54, 1.807) is 27.0 Å². The number of aliphatic carboxylic acids is 1. The largest absolute Gasteiger partial charge is 0.479 e. The van der Waals surface area contributed by atoms with E-state index in [9.17, 15) is 29.1 Å². The van der Waals surface area contributed by atoms with Gasteiger partial charge >= 0.3 is 12.1 Å². The van der Waals surface area contributed by atoms with E-state index in [1.807, 2.05) is 45.8 Å². The molecule has 6 rings (SSSR count). The molecule has 0 bridgehead atoms. The van der Waals surface area contributed by atoms with Crippen LogP contribution in [0.15, 0.2) is 56.8 Å². The summed E-state index contributed by atoms with van der Waals surface area (Å²) in [7, 11) is 0. The number of alkyl carbamates (subject to hydrolysis) is 1. The first-order valence-corrected chi connectivity index (χ1v) is 18.5. The van der Waals surface area contributed by atoms with Crippen LogP contribution in [0.3, 0.4) is 0 Å². The monoisotopic (exact) mass is 707 g/mol. The van der Waals surface area contributed by atoms with Crippen LogP contribution < -0.4 is 16.2 Å². The highest BCUT2D eigenvalue weighted by atomic mass is 32.1. The van der Waals surface area contributed by atoms with E-state index in [0.29, 0.717) is 24.0 Å². The predicted octanol–water partition coefficient (Wildman–Crippen LogP) is 5.22. The molecule has 1 saturated carbocycles. The minimum absolute atomic E-state index is 0.0285. The van der Waals surface area contributed by atoms with Gasteiger partial charge in [0.2, 0.25) is 11.8 Å². The van der Waals surface area contributed by atoms with E-state index in [1.165, 1.54) is 32.3 Å². The van der Waals surface area contributed by atoms with Crippen molar-refractivity contribution in [2.24, 2.45) is 5.92 Å². The molecular formula is C35H41N5O7S2. The Bertz CT molecular complexity index is 1800. The highest BCUT2D eigenvalue weighted by Gasteiger charge is 2.61. The molecule has 3 aromatic rings. The number of carbonyl (C=O) groups is 4. The molecule has 49 heavy (non-hydrogen) atoms. The minimum atomic E-state index is -1.47. The number of hydrogen-bond acceptors (Lipinski definition) is 9. The van der Waals surface area contributed by atoms with Crippen LogP contribution >= 0.6 is 22.7 Å². The van der Waals surface area contributed by atoms with Crippen LogP contribution in [0.4, 0.5) is 4.79 Å². The second-order valence-electron chi connectivity index (χ2n) is 13.9. The number of carboxylic acids is 1. The minimum Gasteiger partial charge on any atom is -0.479 e. The second-order valence-corrected chi connectivity index (χ2v) is 15.5. The average Bonchev–Trinajstić information content (AvgIpc) is 3.56. The van der Waals surface area contributed by atoms with Gasteiger partial charge in [0.25, 0.3) is 5.56 Å². The van der Waals surface area contributed by atoms with Crippen molar-refractivity contribution >= 4 is 46.6 Å². The summed E-state index contributed by atoms with van der Waals surface area (Å²) >= 11 is 2.97. The number of hydrogen-bond donors (Lipinski definition) is 3. The Kier molecular flexibility index (Phi) is 9.81. The Morgan fingerprint density at radius 2 is 1.82 bits per heavy atom. The average molecular weight is 708 g/mol. The number of carboxylic acid groups (broad SMARTS) is 1. The van der Waals surface area contributed by atoms with Crippen molar-refractivity contribution in [3.05, 3.63) is 62.4 Å². The highest BCUT2D eigenvalue weighted by Crippen LogP contribution is 2.45. The van der Waals surface area contributed by atoms with E-state index in [2.05, 4.69) is 15.7 Å². The van der Waals surface area contributed by atoms with Crippen LogP contribution in [-0.4, -0.2) is 73.4 Å². The van der Waals surface area contributed by atoms with Gasteiger partial charge in [-0.05, 0) is 91.2 Å². The predicted molar refractivity (Wildman–Crippen MR) is 186 cm³/mol. The van der Waals surface area contributed by atoms with Crippen molar-refractivity contribution in [1.82, 2.24) is 25.3 Å². The van der Waals surface area contributed by atoms with Crippen LogP contribution in [0.1, 0.15) is 71.8 Å². The van der Waals surface area contributed by atoms with Crippen molar-refractivity contribution < 1.29 is 29.0 Å². The normalized spacial score (nSPS) is 26.8. The fourth-order valence-electron chi connectivity index (χ4n) is 6.75. The van der Waals surface area contributed by atoms with Gasteiger partial charge in [0.1, 0.15) is 23.2 Å². The van der Waals surface area contributed by atoms with E-state index < -0.39 is 53.1 Å². The molecule has 0 aromatic carbocycles. The SMILES string of the molecule is CC(C)(C)OC(=O)N[C@H]1CCCCC/C=C\[C@H]2C[C@@]2(C(=O)O)NC(=O)[C@@H]2C[C@H](n3ncc(-c4ccsc4)c(-c4ccsc4)c3=O)CN2C1=O. The Hall–Kier alpha value is -4.30. The van der Waals surface area contributed by atoms with Crippen molar-refractivity contribution in [3.63, 3.8) is 0 Å². The molecule has 3 aromatic heterocycles. The molecule has 1 aliphatic carbocycles. The molecule has 3 amide bonds. The zero-order chi connectivity index (χ0) is 34.9. The summed E-state index contributed by atoms with van der Waals surface area (Å²) in [5.74, 6) is -2.64. The smallest absolute Gasteiger partial charge is 0.408 e. The summed E-state index contributed by atoms with van der Waals surface area (Å²) in [4.78, 5) is 69.5. The fourth-order valence-corrected chi connectivity index (χ4v) is 8.06. The molecule has 260 valence electrons. The molecule has 0 radical (unpaired) electrons. The van der Waals surface area contributed by atoms with E-state index in [0.717, 1.165) is 30.4 Å². The number of aromatic nitrogens is 2. The number of ether oxygens (including phenoxy) is 1. The van der Waals surface area contributed by atoms with Gasteiger partial charge in [-0.2, -0.15) is 27.8 Å². The Morgan fingerprint density at radius 3 is 2.49 bits per heavy atom. The number of fused-ring (bicyclic) bond motifs is 2. The molecule has 1 saturated heterocycles. The summed E-state index contributed by atoms with van der Waals surface area (Å²) in [5, 5.41) is 27.9. The quantitative estimate of drug-likeness (QED) is 0.305. The number of thiophene rings is 2. The van der Waals surface area contributed by atoms with Crippen LogP contribution in [0.5, 0.6) is 0 Å². The molecule has 5 atom stereocenters. The van der Waals surface area contributed by atoms with Crippen LogP contribution in [0.25, 0.3) is 22.3 Å². The zero-order valence-corrected chi connectivity index (χ0v) is 29.4. The van der Waals surface area contributed by atoms with Gasteiger partial charge in [-0.25, -0.2) is 14.3 Å². The fraction of sp³-hybridized carbons (Fsp3) is 0.486. The van der Waals surface area contributed by atoms with Gasteiger partial charge in [0, 0.05) is 24.4 Å². The zero-order valence-electron chi connectivity index (χ0n) is 27.7. The number of allylic oxidation sites excluding steroid dienone is 1. The molecule has 0 unspecified atom stereocenters. The van der Waals surface area contributed by atoms with Crippen LogP contribution in [0, 0.1) is 5.92 Å². The van der Waals surface area contributed by atoms with Gasteiger partial charge in [-0.15, -0.1) is 0 Å². The number of nitrogens with zero attached hydrogens (tertiary/aromatic N) is 3. The second kappa shape index (κ2) is 13.9. The maximum atomic E-state index is 14.4. The van der Waals surface area contributed by atoms with E-state index in [4.69, 9.17) is 4.74 Å². The molecule has 2 fully saturated rings. The number of rotatable bonds is 5. The maximum absolute atomic E-state index is 14.4. The molecule has 12 nitrogen and oxygen atoms in total. The first-order valence-electron chi connectivity index (χ1n) is 16.6. The van der Waals surface area contributed by atoms with Crippen LogP contribution in [0.2, 0.25) is 0 Å². The lowest BCUT2D eigenvalue weighted by Gasteiger charge is -2.30. The highest BCUT2D eigenvalue weighted by molar-refractivity contribution is 7.08. The summed E-state index contributed by atoms with van der Waals surface area (Å²) in [5.41, 5.74) is 0.122. The van der Waals surface area contributed by atoms with Crippen molar-refractivity contribution in [3.8, 4) is 22.3 Å². The lowest BCUT2D eigenvalue weighted by molar-refractivity contribution is -0.145. The van der Waals surface area contributed by atoms with E-state index >= 15 is 0 Å². The van der Waals surface area contributed by atoms with Gasteiger partial charge in [-0.3, -0.25) is 14.4 Å².